The Morgan fingerprint density at radius 1 is 1.28 bits per heavy atom. The number of aliphatic hydroxyl groups is 1. The van der Waals surface area contributed by atoms with Crippen molar-refractivity contribution in [2.24, 2.45) is 11.1 Å². The van der Waals surface area contributed by atoms with E-state index in [2.05, 4.69) is 32.6 Å². The van der Waals surface area contributed by atoms with Gasteiger partial charge in [0.05, 0.1) is 6.10 Å². The van der Waals surface area contributed by atoms with Gasteiger partial charge in [0.2, 0.25) is 0 Å². The maximum absolute atomic E-state index is 9.69. The molecular formula is C15H32N2O. The van der Waals surface area contributed by atoms with E-state index in [4.69, 9.17) is 5.73 Å². The molecule has 0 spiro atoms. The molecule has 1 heterocycles. The molecule has 4 atom stereocenters. The minimum atomic E-state index is -0.218. The van der Waals surface area contributed by atoms with Crippen LogP contribution in [-0.2, 0) is 0 Å². The Morgan fingerprint density at radius 3 is 2.33 bits per heavy atom. The predicted molar refractivity (Wildman–Crippen MR) is 77.5 cm³/mol. The van der Waals surface area contributed by atoms with Crippen LogP contribution in [-0.4, -0.2) is 40.8 Å². The van der Waals surface area contributed by atoms with Crippen LogP contribution >= 0.6 is 0 Å². The summed E-state index contributed by atoms with van der Waals surface area (Å²) in [4.78, 5) is 2.57. The molecule has 4 unspecified atom stereocenters. The maximum atomic E-state index is 9.69. The lowest BCUT2D eigenvalue weighted by Crippen LogP contribution is -2.58. The third kappa shape index (κ3) is 4.22. The van der Waals surface area contributed by atoms with E-state index in [1.165, 1.54) is 19.3 Å². The van der Waals surface area contributed by atoms with Crippen molar-refractivity contribution in [2.45, 2.75) is 84.5 Å². The van der Waals surface area contributed by atoms with E-state index in [1.54, 1.807) is 0 Å². The smallest absolute Gasteiger partial charge is 0.0527 e. The molecule has 18 heavy (non-hydrogen) atoms. The van der Waals surface area contributed by atoms with Crippen LogP contribution in [0, 0.1) is 5.41 Å². The molecule has 1 saturated heterocycles. The number of likely N-dealkylation sites (tertiary alicyclic amines) is 1. The molecule has 0 aromatic heterocycles. The Kier molecular flexibility index (Phi) is 5.63. The zero-order valence-electron chi connectivity index (χ0n) is 12.8. The van der Waals surface area contributed by atoms with Gasteiger partial charge in [0, 0.05) is 18.1 Å². The fourth-order valence-corrected chi connectivity index (χ4v) is 3.62. The van der Waals surface area contributed by atoms with Gasteiger partial charge in [-0.1, -0.05) is 27.2 Å². The normalized spacial score (nSPS) is 27.8. The van der Waals surface area contributed by atoms with Gasteiger partial charge in [-0.15, -0.1) is 0 Å². The van der Waals surface area contributed by atoms with Crippen molar-refractivity contribution in [2.75, 3.05) is 6.54 Å². The Bertz CT molecular complexity index is 245. The van der Waals surface area contributed by atoms with Crippen molar-refractivity contribution in [3.8, 4) is 0 Å². The highest BCUT2D eigenvalue weighted by molar-refractivity contribution is 4.94. The first-order chi connectivity index (χ1) is 8.23. The molecule has 0 aromatic carbocycles. The van der Waals surface area contributed by atoms with E-state index in [0.717, 1.165) is 13.0 Å². The first-order valence-corrected chi connectivity index (χ1v) is 7.43. The quantitative estimate of drug-likeness (QED) is 0.812. The number of aliphatic hydroxyl groups excluding tert-OH is 1. The molecule has 1 aliphatic heterocycles. The summed E-state index contributed by atoms with van der Waals surface area (Å²) in [7, 11) is 0. The number of rotatable bonds is 4. The van der Waals surface area contributed by atoms with Gasteiger partial charge in [0.1, 0.15) is 0 Å². The summed E-state index contributed by atoms with van der Waals surface area (Å²) in [5.74, 6) is 0. The molecule has 0 aliphatic carbocycles. The summed E-state index contributed by atoms with van der Waals surface area (Å²) in [6, 6.07) is 1.05. The van der Waals surface area contributed by atoms with Crippen molar-refractivity contribution in [3.05, 3.63) is 0 Å². The van der Waals surface area contributed by atoms with Gasteiger partial charge in [-0.25, -0.2) is 0 Å². The van der Waals surface area contributed by atoms with Gasteiger partial charge in [0.25, 0.3) is 0 Å². The molecule has 0 aromatic rings. The van der Waals surface area contributed by atoms with E-state index in [-0.39, 0.29) is 17.6 Å². The van der Waals surface area contributed by atoms with E-state index in [0.29, 0.717) is 12.1 Å². The number of nitrogens with two attached hydrogens (primary N) is 1. The second-order valence-corrected chi connectivity index (χ2v) is 7.14. The van der Waals surface area contributed by atoms with E-state index in [1.807, 2.05) is 6.92 Å². The Labute approximate surface area is 113 Å². The van der Waals surface area contributed by atoms with Crippen molar-refractivity contribution in [1.82, 2.24) is 4.90 Å². The maximum Gasteiger partial charge on any atom is 0.0527 e. The SMILES string of the molecule is CC(O)CC1CCCCN1C(C(C)N)C(C)(C)C. The van der Waals surface area contributed by atoms with E-state index < -0.39 is 0 Å². The summed E-state index contributed by atoms with van der Waals surface area (Å²) < 4.78 is 0. The Hall–Kier alpha value is -0.120. The monoisotopic (exact) mass is 256 g/mol. The van der Waals surface area contributed by atoms with Gasteiger partial charge in [-0.2, -0.15) is 0 Å². The van der Waals surface area contributed by atoms with Crippen molar-refractivity contribution in [3.63, 3.8) is 0 Å². The number of nitrogens with zero attached hydrogens (tertiary/aromatic N) is 1. The average molecular weight is 256 g/mol. The zero-order valence-corrected chi connectivity index (χ0v) is 12.8. The zero-order chi connectivity index (χ0) is 13.9. The molecule has 0 saturated carbocycles. The predicted octanol–water partition coefficient (Wildman–Crippen LogP) is 2.37. The molecule has 0 radical (unpaired) electrons. The highest BCUT2D eigenvalue weighted by atomic mass is 16.3. The largest absolute Gasteiger partial charge is 0.393 e. The van der Waals surface area contributed by atoms with E-state index in [9.17, 15) is 5.11 Å². The van der Waals surface area contributed by atoms with Crippen LogP contribution in [0.1, 0.15) is 60.3 Å². The van der Waals surface area contributed by atoms with E-state index >= 15 is 0 Å². The number of piperidine rings is 1. The van der Waals surface area contributed by atoms with Gasteiger partial charge in [0.15, 0.2) is 0 Å². The van der Waals surface area contributed by atoms with Crippen molar-refractivity contribution < 1.29 is 5.11 Å². The highest BCUT2D eigenvalue weighted by Gasteiger charge is 2.38. The standard InChI is InChI=1S/C15H32N2O/c1-11(18)10-13-8-6-7-9-17(13)14(12(2)16)15(3,4)5/h11-14,18H,6-10,16H2,1-5H3. The summed E-state index contributed by atoms with van der Waals surface area (Å²) in [5.41, 5.74) is 6.43. The van der Waals surface area contributed by atoms with Gasteiger partial charge >= 0.3 is 0 Å². The van der Waals surface area contributed by atoms with Crippen LogP contribution in [0.2, 0.25) is 0 Å². The van der Waals surface area contributed by atoms with Gasteiger partial charge < -0.3 is 10.8 Å². The van der Waals surface area contributed by atoms with Crippen LogP contribution in [0.5, 0.6) is 0 Å². The lowest BCUT2D eigenvalue weighted by molar-refractivity contribution is 0.00272. The Morgan fingerprint density at radius 2 is 1.89 bits per heavy atom. The molecule has 3 nitrogen and oxygen atoms in total. The molecule has 0 bridgehead atoms. The summed E-state index contributed by atoms with van der Waals surface area (Å²) in [6.07, 6.45) is 4.40. The second-order valence-electron chi connectivity index (χ2n) is 7.14. The molecular weight excluding hydrogens is 224 g/mol. The molecule has 108 valence electrons. The molecule has 1 fully saturated rings. The first kappa shape index (κ1) is 15.9. The lowest BCUT2D eigenvalue weighted by atomic mass is 9.79. The van der Waals surface area contributed by atoms with Crippen LogP contribution in [0.15, 0.2) is 0 Å². The first-order valence-electron chi connectivity index (χ1n) is 7.43. The van der Waals surface area contributed by atoms with Crippen LogP contribution in [0.3, 0.4) is 0 Å². The Balaban J connectivity index is 2.85. The third-order valence-electron chi connectivity index (χ3n) is 4.03. The fourth-order valence-electron chi connectivity index (χ4n) is 3.62. The summed E-state index contributed by atoms with van der Waals surface area (Å²) in [5, 5.41) is 9.69. The van der Waals surface area contributed by atoms with Crippen molar-refractivity contribution >= 4 is 0 Å². The number of hydrogen-bond acceptors (Lipinski definition) is 3. The topological polar surface area (TPSA) is 49.5 Å². The van der Waals surface area contributed by atoms with Crippen LogP contribution in [0.4, 0.5) is 0 Å². The number of hydrogen-bond donors (Lipinski definition) is 2. The average Bonchev–Trinajstić information content (AvgIpc) is 2.17. The van der Waals surface area contributed by atoms with Crippen LogP contribution < -0.4 is 5.73 Å². The third-order valence-corrected chi connectivity index (χ3v) is 4.03. The van der Waals surface area contributed by atoms with Crippen molar-refractivity contribution in [1.29, 1.82) is 0 Å². The lowest BCUT2D eigenvalue weighted by Gasteiger charge is -2.48. The summed E-state index contributed by atoms with van der Waals surface area (Å²) in [6.45, 7) is 12.0. The minimum absolute atomic E-state index is 0.166. The van der Waals surface area contributed by atoms with Gasteiger partial charge in [-0.05, 0) is 45.1 Å². The fraction of sp³-hybridized carbons (Fsp3) is 1.00. The highest BCUT2D eigenvalue weighted by Crippen LogP contribution is 2.32. The molecule has 3 N–H and O–H groups in total. The summed E-state index contributed by atoms with van der Waals surface area (Å²) >= 11 is 0. The molecule has 1 aliphatic rings. The second kappa shape index (κ2) is 6.36. The minimum Gasteiger partial charge on any atom is -0.393 e. The van der Waals surface area contributed by atoms with Crippen LogP contribution in [0.25, 0.3) is 0 Å². The molecule has 1 rings (SSSR count). The molecule has 0 amide bonds. The van der Waals surface area contributed by atoms with Gasteiger partial charge in [-0.3, -0.25) is 4.90 Å². The molecule has 3 heteroatoms.